The zero-order valence-electron chi connectivity index (χ0n) is 7.90. The van der Waals surface area contributed by atoms with E-state index in [1.54, 1.807) is 11.3 Å². The third kappa shape index (κ3) is 2.53. The summed E-state index contributed by atoms with van der Waals surface area (Å²) in [6, 6.07) is 1.92. The van der Waals surface area contributed by atoms with Crippen LogP contribution in [-0.4, -0.2) is 16.9 Å². The average molecular weight is 210 g/mol. The second kappa shape index (κ2) is 4.19. The lowest BCUT2D eigenvalue weighted by molar-refractivity contribution is -0.146. The SMILES string of the molecule is Cc1cc(/C=C/C(=O)C(=O)O)c(C)s1. The Labute approximate surface area is 85.7 Å². The van der Waals surface area contributed by atoms with Gasteiger partial charge in [-0.25, -0.2) is 4.79 Å². The second-order valence-corrected chi connectivity index (χ2v) is 4.33. The number of rotatable bonds is 3. The molecule has 0 aliphatic carbocycles. The van der Waals surface area contributed by atoms with Gasteiger partial charge in [0.15, 0.2) is 0 Å². The predicted molar refractivity (Wildman–Crippen MR) is 55.5 cm³/mol. The Hall–Kier alpha value is -1.42. The quantitative estimate of drug-likeness (QED) is 0.613. The Morgan fingerprint density at radius 2 is 2.07 bits per heavy atom. The first-order chi connectivity index (χ1) is 6.50. The highest BCUT2D eigenvalue weighted by Gasteiger charge is 2.06. The molecule has 1 rings (SSSR count). The van der Waals surface area contributed by atoms with Crippen LogP contribution in [0.5, 0.6) is 0 Å². The number of carboxylic acid groups (broad SMARTS) is 1. The van der Waals surface area contributed by atoms with Crippen LogP contribution < -0.4 is 0 Å². The van der Waals surface area contributed by atoms with Crippen molar-refractivity contribution in [2.24, 2.45) is 0 Å². The number of carbonyl (C=O) groups excluding carboxylic acids is 1. The average Bonchev–Trinajstić information content (AvgIpc) is 2.40. The van der Waals surface area contributed by atoms with E-state index in [9.17, 15) is 9.59 Å². The molecule has 0 unspecified atom stereocenters. The summed E-state index contributed by atoms with van der Waals surface area (Å²) >= 11 is 1.62. The van der Waals surface area contributed by atoms with Crippen LogP contribution in [0.15, 0.2) is 12.1 Å². The predicted octanol–water partition coefficient (Wildman–Crippen LogP) is 2.03. The Morgan fingerprint density at radius 1 is 1.43 bits per heavy atom. The van der Waals surface area contributed by atoms with Crippen molar-refractivity contribution in [3.05, 3.63) is 27.5 Å². The molecule has 0 fully saturated rings. The van der Waals surface area contributed by atoms with Crippen molar-refractivity contribution in [3.63, 3.8) is 0 Å². The van der Waals surface area contributed by atoms with Gasteiger partial charge in [0.05, 0.1) is 0 Å². The van der Waals surface area contributed by atoms with Crippen LogP contribution in [0.4, 0.5) is 0 Å². The molecular weight excluding hydrogens is 200 g/mol. The molecule has 1 heterocycles. The molecular formula is C10H10O3S. The maximum atomic E-state index is 10.8. The van der Waals surface area contributed by atoms with Crippen LogP contribution >= 0.6 is 11.3 Å². The minimum atomic E-state index is -1.43. The van der Waals surface area contributed by atoms with Crippen LogP contribution in [0.3, 0.4) is 0 Å². The van der Waals surface area contributed by atoms with Crippen molar-refractivity contribution >= 4 is 29.2 Å². The molecule has 0 amide bonds. The number of ketones is 1. The second-order valence-electron chi connectivity index (χ2n) is 2.87. The summed E-state index contributed by atoms with van der Waals surface area (Å²) in [6.45, 7) is 3.90. The van der Waals surface area contributed by atoms with E-state index in [4.69, 9.17) is 5.11 Å². The van der Waals surface area contributed by atoms with Crippen LogP contribution in [-0.2, 0) is 9.59 Å². The first kappa shape index (κ1) is 10.7. The highest BCUT2D eigenvalue weighted by molar-refractivity contribution is 7.12. The molecule has 3 nitrogen and oxygen atoms in total. The Morgan fingerprint density at radius 3 is 2.50 bits per heavy atom. The maximum Gasteiger partial charge on any atom is 0.376 e. The summed E-state index contributed by atoms with van der Waals surface area (Å²) in [5.41, 5.74) is 0.905. The highest BCUT2D eigenvalue weighted by atomic mass is 32.1. The van der Waals surface area contributed by atoms with Gasteiger partial charge in [-0.3, -0.25) is 4.79 Å². The van der Waals surface area contributed by atoms with Gasteiger partial charge in [0, 0.05) is 9.75 Å². The molecule has 4 heteroatoms. The largest absolute Gasteiger partial charge is 0.475 e. The van der Waals surface area contributed by atoms with Gasteiger partial charge in [0.2, 0.25) is 0 Å². The normalized spacial score (nSPS) is 10.7. The molecule has 1 N–H and O–H groups in total. The van der Waals surface area contributed by atoms with Gasteiger partial charge >= 0.3 is 5.97 Å². The molecule has 1 aromatic heterocycles. The Bertz CT molecular complexity index is 401. The van der Waals surface area contributed by atoms with E-state index in [1.165, 1.54) is 6.08 Å². The van der Waals surface area contributed by atoms with Crippen molar-refractivity contribution in [2.75, 3.05) is 0 Å². The minimum absolute atomic E-state index is 0.895. The smallest absolute Gasteiger partial charge is 0.376 e. The molecule has 0 aliphatic rings. The molecule has 0 bridgehead atoms. The van der Waals surface area contributed by atoms with Gasteiger partial charge < -0.3 is 5.11 Å². The zero-order chi connectivity index (χ0) is 10.7. The first-order valence-electron chi connectivity index (χ1n) is 4.03. The number of aryl methyl sites for hydroxylation is 2. The zero-order valence-corrected chi connectivity index (χ0v) is 8.72. The number of hydrogen-bond donors (Lipinski definition) is 1. The molecule has 0 atom stereocenters. The first-order valence-corrected chi connectivity index (χ1v) is 4.84. The van der Waals surface area contributed by atoms with Crippen molar-refractivity contribution in [1.82, 2.24) is 0 Å². The Kier molecular flexibility index (Phi) is 3.19. The van der Waals surface area contributed by atoms with Gasteiger partial charge in [0.1, 0.15) is 0 Å². The number of hydrogen-bond acceptors (Lipinski definition) is 3. The van der Waals surface area contributed by atoms with Crippen LogP contribution in [0.2, 0.25) is 0 Å². The summed E-state index contributed by atoms with van der Waals surface area (Å²) in [7, 11) is 0. The molecule has 0 saturated carbocycles. The lowest BCUT2D eigenvalue weighted by Crippen LogP contribution is -2.08. The van der Waals surface area contributed by atoms with E-state index < -0.39 is 11.8 Å². The number of thiophene rings is 1. The number of carbonyl (C=O) groups is 2. The fourth-order valence-corrected chi connectivity index (χ4v) is 1.97. The standard InChI is InChI=1S/C10H10O3S/c1-6-5-8(7(2)14-6)3-4-9(11)10(12)13/h3-5H,1-2H3,(H,12,13)/b4-3+. The molecule has 0 radical (unpaired) electrons. The van der Waals surface area contributed by atoms with Crippen molar-refractivity contribution in [2.45, 2.75) is 13.8 Å². The fourth-order valence-electron chi connectivity index (χ4n) is 1.05. The van der Waals surface area contributed by atoms with Gasteiger partial charge in [-0.1, -0.05) is 0 Å². The monoisotopic (exact) mass is 210 g/mol. The lowest BCUT2D eigenvalue weighted by atomic mass is 10.2. The summed E-state index contributed by atoms with van der Waals surface area (Å²) in [5.74, 6) is -2.32. The van der Waals surface area contributed by atoms with Gasteiger partial charge in [-0.05, 0) is 37.6 Å². The van der Waals surface area contributed by atoms with Gasteiger partial charge in [0.25, 0.3) is 5.78 Å². The number of carboxylic acids is 1. The van der Waals surface area contributed by atoms with Crippen LogP contribution in [0, 0.1) is 13.8 Å². The third-order valence-electron chi connectivity index (χ3n) is 1.70. The molecule has 74 valence electrons. The summed E-state index contributed by atoms with van der Waals surface area (Å²) < 4.78 is 0. The molecule has 1 aromatic rings. The van der Waals surface area contributed by atoms with Gasteiger partial charge in [-0.15, -0.1) is 11.3 Å². The van der Waals surface area contributed by atoms with Crippen molar-refractivity contribution in [1.29, 1.82) is 0 Å². The third-order valence-corrected chi connectivity index (χ3v) is 2.69. The van der Waals surface area contributed by atoms with E-state index in [2.05, 4.69) is 0 Å². The molecule has 0 aliphatic heterocycles. The maximum absolute atomic E-state index is 10.8. The van der Waals surface area contributed by atoms with Crippen LogP contribution in [0.1, 0.15) is 15.3 Å². The summed E-state index contributed by atoms with van der Waals surface area (Å²) in [6.07, 6.45) is 2.62. The highest BCUT2D eigenvalue weighted by Crippen LogP contribution is 2.21. The van der Waals surface area contributed by atoms with Gasteiger partial charge in [-0.2, -0.15) is 0 Å². The van der Waals surface area contributed by atoms with E-state index in [-0.39, 0.29) is 0 Å². The van der Waals surface area contributed by atoms with E-state index in [0.717, 1.165) is 21.4 Å². The molecule has 14 heavy (non-hydrogen) atoms. The Balaban J connectivity index is 2.83. The topological polar surface area (TPSA) is 54.4 Å². The number of aliphatic carboxylic acids is 1. The van der Waals surface area contributed by atoms with E-state index >= 15 is 0 Å². The molecule has 0 aromatic carbocycles. The van der Waals surface area contributed by atoms with E-state index in [0.29, 0.717) is 0 Å². The molecule has 0 spiro atoms. The fraction of sp³-hybridized carbons (Fsp3) is 0.200. The lowest BCUT2D eigenvalue weighted by Gasteiger charge is -1.87. The van der Waals surface area contributed by atoms with Crippen molar-refractivity contribution < 1.29 is 14.7 Å². The van der Waals surface area contributed by atoms with Crippen LogP contribution in [0.25, 0.3) is 6.08 Å². The van der Waals surface area contributed by atoms with Crippen molar-refractivity contribution in [3.8, 4) is 0 Å². The minimum Gasteiger partial charge on any atom is -0.475 e. The molecule has 0 saturated heterocycles. The summed E-state index contributed by atoms with van der Waals surface area (Å²) in [5, 5.41) is 8.34. The summed E-state index contributed by atoms with van der Waals surface area (Å²) in [4.78, 5) is 23.2. The van der Waals surface area contributed by atoms with E-state index in [1.807, 2.05) is 19.9 Å².